The summed E-state index contributed by atoms with van der Waals surface area (Å²) in [5.41, 5.74) is 4.57. The Morgan fingerprint density at radius 2 is 1.53 bits per heavy atom. The fraction of sp³-hybridized carbons (Fsp3) is 0. The Hall–Kier alpha value is -0.510. The first-order chi connectivity index (χ1) is 8.24. The smallest absolute Gasteiger partial charge is 0.0484 e. The highest BCUT2D eigenvalue weighted by Crippen LogP contribution is 2.32. The minimum atomic E-state index is 0.707. The summed E-state index contributed by atoms with van der Waals surface area (Å²) in [5.74, 6) is 0. The van der Waals surface area contributed by atoms with E-state index in [2.05, 4.69) is 22.6 Å². The molecule has 0 bridgehead atoms. The summed E-state index contributed by atoms with van der Waals surface area (Å²) in [6, 6.07) is 15.8. The summed E-state index contributed by atoms with van der Waals surface area (Å²) in [7, 11) is 0. The molecule has 2 rings (SSSR count). The Morgan fingerprint density at radius 1 is 0.941 bits per heavy atom. The highest BCUT2D eigenvalue weighted by Gasteiger charge is 2.10. The highest BCUT2D eigenvalue weighted by molar-refractivity contribution is 14.1. The lowest BCUT2D eigenvalue weighted by Crippen LogP contribution is -1.91. The first-order valence-electron chi connectivity index (χ1n) is 5.04. The Labute approximate surface area is 124 Å². The molecule has 0 aliphatic rings. The highest BCUT2D eigenvalue weighted by atomic mass is 127. The minimum Gasteiger partial charge on any atom is -0.0923 e. The van der Waals surface area contributed by atoms with Gasteiger partial charge in [-0.05, 0) is 40.3 Å². The van der Waals surface area contributed by atoms with Gasteiger partial charge in [-0.3, -0.25) is 0 Å². The molecule has 0 aliphatic carbocycles. The van der Waals surface area contributed by atoms with Gasteiger partial charge in [0.25, 0.3) is 0 Å². The Kier molecular flexibility index (Phi) is 4.48. The van der Waals surface area contributed by atoms with Crippen LogP contribution in [0, 0.1) is 3.57 Å². The first kappa shape index (κ1) is 12.9. The maximum absolute atomic E-state index is 6.20. The fourth-order valence-corrected chi connectivity index (χ4v) is 2.77. The van der Waals surface area contributed by atoms with Gasteiger partial charge in [0.2, 0.25) is 0 Å². The Morgan fingerprint density at radius 3 is 2.12 bits per heavy atom. The largest absolute Gasteiger partial charge is 0.0923 e. The van der Waals surface area contributed by atoms with Crippen LogP contribution in [0.3, 0.4) is 0 Å². The third kappa shape index (κ3) is 2.84. The number of benzene rings is 2. The lowest BCUT2D eigenvalue weighted by atomic mass is 10.00. The molecular formula is C14H9Cl2I. The molecular weight excluding hydrogens is 366 g/mol. The van der Waals surface area contributed by atoms with Crippen molar-refractivity contribution in [1.29, 1.82) is 0 Å². The van der Waals surface area contributed by atoms with Crippen LogP contribution in [-0.4, -0.2) is 0 Å². The Balaban J connectivity index is 2.57. The van der Waals surface area contributed by atoms with E-state index in [9.17, 15) is 0 Å². The van der Waals surface area contributed by atoms with Crippen LogP contribution in [0.4, 0.5) is 0 Å². The number of rotatable bonds is 2. The molecule has 0 saturated carbocycles. The van der Waals surface area contributed by atoms with Crippen LogP contribution in [0.25, 0.3) is 5.57 Å². The van der Waals surface area contributed by atoms with Crippen molar-refractivity contribution in [3.05, 3.63) is 73.8 Å². The maximum Gasteiger partial charge on any atom is 0.0484 e. The Bertz CT molecular complexity index is 514. The van der Waals surface area contributed by atoms with Gasteiger partial charge >= 0.3 is 0 Å². The van der Waals surface area contributed by atoms with Crippen molar-refractivity contribution in [2.75, 3.05) is 0 Å². The molecule has 3 heteroatoms. The lowest BCUT2D eigenvalue weighted by Gasteiger charge is -2.10. The maximum atomic E-state index is 6.20. The molecule has 0 fully saturated rings. The summed E-state index contributed by atoms with van der Waals surface area (Å²) >= 11 is 14.4. The summed E-state index contributed by atoms with van der Waals surface area (Å²) in [6.07, 6.45) is 0. The van der Waals surface area contributed by atoms with Crippen LogP contribution in [0.1, 0.15) is 11.1 Å². The predicted octanol–water partition coefficient (Wildman–Crippen LogP) is 5.57. The van der Waals surface area contributed by atoms with E-state index in [0.717, 1.165) is 20.3 Å². The third-order valence-corrected chi connectivity index (χ3v) is 3.93. The average molecular weight is 375 g/mol. The van der Waals surface area contributed by atoms with Crippen LogP contribution in [0.2, 0.25) is 5.02 Å². The van der Waals surface area contributed by atoms with E-state index < -0.39 is 0 Å². The van der Waals surface area contributed by atoms with Crippen molar-refractivity contribution in [3.63, 3.8) is 0 Å². The number of halogens is 3. The van der Waals surface area contributed by atoms with E-state index in [1.54, 1.807) is 5.54 Å². The van der Waals surface area contributed by atoms with Crippen molar-refractivity contribution in [2.45, 2.75) is 0 Å². The van der Waals surface area contributed by atoms with Crippen molar-refractivity contribution >= 4 is 51.4 Å². The SMILES string of the molecule is Cl/C=C(/c1ccccc1Cl)c1ccccc1I. The van der Waals surface area contributed by atoms with Gasteiger partial charge in [0.15, 0.2) is 0 Å². The molecule has 0 spiro atoms. The molecule has 2 aromatic carbocycles. The van der Waals surface area contributed by atoms with E-state index in [0.29, 0.717) is 5.02 Å². The molecule has 86 valence electrons. The molecule has 0 amide bonds. The summed E-state index contributed by atoms with van der Waals surface area (Å²) in [6.45, 7) is 0. The summed E-state index contributed by atoms with van der Waals surface area (Å²) in [4.78, 5) is 0. The van der Waals surface area contributed by atoms with E-state index in [4.69, 9.17) is 23.2 Å². The van der Waals surface area contributed by atoms with Crippen LogP contribution in [-0.2, 0) is 0 Å². The normalized spacial score (nSPS) is 11.6. The minimum absolute atomic E-state index is 0.707. The predicted molar refractivity (Wildman–Crippen MR) is 83.5 cm³/mol. The zero-order valence-electron chi connectivity index (χ0n) is 8.83. The van der Waals surface area contributed by atoms with Crippen LogP contribution in [0.5, 0.6) is 0 Å². The van der Waals surface area contributed by atoms with Crippen molar-refractivity contribution in [2.24, 2.45) is 0 Å². The molecule has 0 aliphatic heterocycles. The monoisotopic (exact) mass is 374 g/mol. The van der Waals surface area contributed by atoms with E-state index in [-0.39, 0.29) is 0 Å². The molecule has 17 heavy (non-hydrogen) atoms. The second kappa shape index (κ2) is 5.89. The van der Waals surface area contributed by atoms with Crippen molar-refractivity contribution in [3.8, 4) is 0 Å². The second-order valence-corrected chi connectivity index (χ2v) is 5.27. The van der Waals surface area contributed by atoms with Gasteiger partial charge in [0.1, 0.15) is 0 Å². The third-order valence-electron chi connectivity index (χ3n) is 2.44. The van der Waals surface area contributed by atoms with Crippen LogP contribution >= 0.6 is 45.8 Å². The van der Waals surface area contributed by atoms with Gasteiger partial charge in [-0.15, -0.1) is 0 Å². The van der Waals surface area contributed by atoms with Crippen LogP contribution in [0.15, 0.2) is 54.1 Å². The zero-order valence-corrected chi connectivity index (χ0v) is 12.5. The van der Waals surface area contributed by atoms with Crippen molar-refractivity contribution < 1.29 is 0 Å². The molecule has 0 radical (unpaired) electrons. The molecule has 0 N–H and O–H groups in total. The van der Waals surface area contributed by atoms with E-state index in [1.165, 1.54) is 0 Å². The average Bonchev–Trinajstić information content (AvgIpc) is 2.34. The molecule has 0 nitrogen and oxygen atoms in total. The number of hydrogen-bond acceptors (Lipinski definition) is 0. The van der Waals surface area contributed by atoms with Gasteiger partial charge in [0, 0.05) is 25.3 Å². The molecule has 0 unspecified atom stereocenters. The topological polar surface area (TPSA) is 0 Å². The van der Waals surface area contributed by atoms with Gasteiger partial charge in [-0.2, -0.15) is 0 Å². The van der Waals surface area contributed by atoms with Gasteiger partial charge in [0.05, 0.1) is 0 Å². The lowest BCUT2D eigenvalue weighted by molar-refractivity contribution is 1.52. The molecule has 0 atom stereocenters. The summed E-state index contributed by atoms with van der Waals surface area (Å²) < 4.78 is 1.15. The second-order valence-electron chi connectivity index (χ2n) is 3.48. The zero-order chi connectivity index (χ0) is 12.3. The fourth-order valence-electron chi connectivity index (χ4n) is 1.62. The van der Waals surface area contributed by atoms with Crippen molar-refractivity contribution in [1.82, 2.24) is 0 Å². The van der Waals surface area contributed by atoms with E-state index in [1.807, 2.05) is 48.5 Å². The molecule has 0 aromatic heterocycles. The van der Waals surface area contributed by atoms with Gasteiger partial charge in [-0.1, -0.05) is 59.6 Å². The molecule has 2 aromatic rings. The first-order valence-corrected chi connectivity index (χ1v) is 6.93. The van der Waals surface area contributed by atoms with Crippen LogP contribution < -0.4 is 0 Å². The van der Waals surface area contributed by atoms with Gasteiger partial charge in [-0.25, -0.2) is 0 Å². The molecule has 0 heterocycles. The number of hydrogen-bond donors (Lipinski definition) is 0. The summed E-state index contributed by atoms with van der Waals surface area (Å²) in [5, 5.41) is 0.707. The van der Waals surface area contributed by atoms with E-state index >= 15 is 0 Å². The molecule has 0 saturated heterocycles. The quantitative estimate of drug-likeness (QED) is 0.602. The standard InChI is InChI=1S/C14H9Cl2I/c15-9-12(10-5-1-3-7-13(10)16)11-6-2-4-8-14(11)17/h1-9H/b12-9-. The van der Waals surface area contributed by atoms with Gasteiger partial charge < -0.3 is 0 Å².